The van der Waals surface area contributed by atoms with Crippen LogP contribution in [-0.4, -0.2) is 26.6 Å². The maximum Gasteiger partial charge on any atom is 0.270 e. The Kier molecular flexibility index (Phi) is 5.26. The van der Waals surface area contributed by atoms with E-state index in [4.69, 9.17) is 28.2 Å². The van der Waals surface area contributed by atoms with Crippen molar-refractivity contribution in [2.45, 2.75) is 0 Å². The molecule has 0 bridgehead atoms. The topological polar surface area (TPSA) is 76.6 Å². The Bertz CT molecular complexity index is 967. The van der Waals surface area contributed by atoms with E-state index in [0.29, 0.717) is 37.9 Å². The Labute approximate surface area is 163 Å². The van der Waals surface area contributed by atoms with E-state index in [9.17, 15) is 14.9 Å². The van der Waals surface area contributed by atoms with Crippen LogP contribution >= 0.6 is 35.6 Å². The highest BCUT2D eigenvalue weighted by atomic mass is 35.5. The smallest absolute Gasteiger partial charge is 0.270 e. The summed E-state index contributed by atoms with van der Waals surface area (Å²) in [6.45, 7) is 3.95. The highest BCUT2D eigenvalue weighted by molar-refractivity contribution is 8.26. The molecule has 1 aromatic heterocycles. The molecule has 1 aliphatic rings. The van der Waals surface area contributed by atoms with E-state index in [1.54, 1.807) is 24.3 Å². The number of non-ortho nitro benzene ring substituents is 1. The molecule has 0 unspecified atom stereocenters. The number of thioether (sulfide) groups is 1. The molecule has 2 heterocycles. The zero-order valence-electron chi connectivity index (χ0n) is 13.2. The van der Waals surface area contributed by atoms with Crippen LogP contribution in [0.3, 0.4) is 0 Å². The van der Waals surface area contributed by atoms with Gasteiger partial charge in [-0.2, -0.15) is 0 Å². The average Bonchev–Trinajstić information content (AvgIpc) is 3.16. The quantitative estimate of drug-likeness (QED) is 0.231. The molecular weight excluding hydrogens is 396 g/mol. The normalized spacial score (nSPS) is 15.7. The fourth-order valence-electron chi connectivity index (χ4n) is 2.31. The number of carbonyl (C=O) groups excluding carboxylic acids is 1. The van der Waals surface area contributed by atoms with E-state index < -0.39 is 4.92 Å². The summed E-state index contributed by atoms with van der Waals surface area (Å²) in [4.78, 5) is 24.6. The summed E-state index contributed by atoms with van der Waals surface area (Å²) in [5.41, 5.74) is 0.312. The number of nitrogens with zero attached hydrogens (tertiary/aromatic N) is 2. The molecule has 3 rings (SSSR count). The summed E-state index contributed by atoms with van der Waals surface area (Å²) in [7, 11) is 0. The lowest BCUT2D eigenvalue weighted by molar-refractivity contribution is -0.384. The SMILES string of the molecule is C=CCN1C(=O)/C(=C/c2ccc(-c3cc([N+](=O)[O-])ccc3Cl)o2)SC1=S. The lowest BCUT2D eigenvalue weighted by Crippen LogP contribution is -2.27. The zero-order chi connectivity index (χ0) is 18.8. The largest absolute Gasteiger partial charge is 0.457 e. The van der Waals surface area contributed by atoms with Crippen LogP contribution in [-0.2, 0) is 4.79 Å². The molecule has 1 fully saturated rings. The minimum absolute atomic E-state index is 0.0901. The number of thiocarbonyl (C=S) groups is 1. The van der Waals surface area contributed by atoms with Gasteiger partial charge in [0.05, 0.1) is 14.9 Å². The minimum atomic E-state index is -0.505. The number of amides is 1. The Hall–Kier alpha value is -2.42. The Morgan fingerprint density at radius 3 is 2.85 bits per heavy atom. The van der Waals surface area contributed by atoms with Crippen LogP contribution in [0.1, 0.15) is 5.76 Å². The number of furan rings is 1. The fourth-order valence-corrected chi connectivity index (χ4v) is 3.77. The van der Waals surface area contributed by atoms with Crippen LogP contribution in [0, 0.1) is 10.1 Å². The maximum atomic E-state index is 12.3. The predicted molar refractivity (Wildman–Crippen MR) is 106 cm³/mol. The van der Waals surface area contributed by atoms with Gasteiger partial charge in [-0.05, 0) is 18.2 Å². The van der Waals surface area contributed by atoms with Crippen LogP contribution in [0.25, 0.3) is 17.4 Å². The number of nitro groups is 1. The van der Waals surface area contributed by atoms with Crippen LogP contribution in [0.2, 0.25) is 5.02 Å². The third-order valence-electron chi connectivity index (χ3n) is 3.51. The van der Waals surface area contributed by atoms with Crippen molar-refractivity contribution in [2.24, 2.45) is 0 Å². The standard InChI is InChI=1S/C17H11ClN2O4S2/c1-2-7-19-16(21)15(26-17(19)25)9-11-4-6-14(24-11)12-8-10(20(22)23)3-5-13(12)18/h2-6,8-9H,1,7H2/b15-9-. The number of rotatable bonds is 5. The molecule has 0 saturated carbocycles. The first-order valence-electron chi connectivity index (χ1n) is 7.31. The number of hydrogen-bond donors (Lipinski definition) is 0. The van der Waals surface area contributed by atoms with Gasteiger partial charge in [0, 0.05) is 30.3 Å². The first-order valence-corrected chi connectivity index (χ1v) is 8.91. The third kappa shape index (κ3) is 3.57. The van der Waals surface area contributed by atoms with Crippen LogP contribution in [0.15, 0.2) is 52.3 Å². The van der Waals surface area contributed by atoms with E-state index in [1.165, 1.54) is 34.9 Å². The number of benzene rings is 1. The van der Waals surface area contributed by atoms with E-state index in [-0.39, 0.29) is 11.6 Å². The van der Waals surface area contributed by atoms with E-state index >= 15 is 0 Å². The van der Waals surface area contributed by atoms with Crippen molar-refractivity contribution in [3.8, 4) is 11.3 Å². The molecule has 2 aromatic rings. The summed E-state index contributed by atoms with van der Waals surface area (Å²) < 4.78 is 6.15. The first-order chi connectivity index (χ1) is 12.4. The van der Waals surface area contributed by atoms with Crippen molar-refractivity contribution in [1.29, 1.82) is 0 Å². The number of nitro benzene ring substituents is 1. The molecule has 0 N–H and O–H groups in total. The van der Waals surface area contributed by atoms with Crippen LogP contribution in [0.5, 0.6) is 0 Å². The predicted octanol–water partition coefficient (Wildman–Crippen LogP) is 4.90. The van der Waals surface area contributed by atoms with E-state index in [0.717, 1.165) is 0 Å². The number of hydrogen-bond acceptors (Lipinski definition) is 6. The molecule has 1 aliphatic heterocycles. The molecule has 0 atom stereocenters. The van der Waals surface area contributed by atoms with E-state index in [2.05, 4.69) is 6.58 Å². The molecule has 0 spiro atoms. The monoisotopic (exact) mass is 406 g/mol. The lowest BCUT2D eigenvalue weighted by Gasteiger charge is -2.10. The molecule has 0 radical (unpaired) electrons. The van der Waals surface area contributed by atoms with Gasteiger partial charge in [-0.1, -0.05) is 41.7 Å². The highest BCUT2D eigenvalue weighted by Gasteiger charge is 2.31. The Morgan fingerprint density at radius 1 is 1.38 bits per heavy atom. The van der Waals surface area contributed by atoms with Gasteiger partial charge in [0.2, 0.25) is 0 Å². The molecule has 6 nitrogen and oxygen atoms in total. The average molecular weight is 407 g/mol. The molecule has 1 aromatic carbocycles. The van der Waals surface area contributed by atoms with Crippen molar-refractivity contribution >= 4 is 57.6 Å². The van der Waals surface area contributed by atoms with Gasteiger partial charge in [-0.15, -0.1) is 6.58 Å². The highest BCUT2D eigenvalue weighted by Crippen LogP contribution is 2.35. The van der Waals surface area contributed by atoms with Gasteiger partial charge >= 0.3 is 0 Å². The van der Waals surface area contributed by atoms with Crippen molar-refractivity contribution in [3.05, 3.63) is 68.8 Å². The second kappa shape index (κ2) is 7.45. The Balaban J connectivity index is 1.91. The Morgan fingerprint density at radius 2 is 2.15 bits per heavy atom. The number of halogens is 1. The minimum Gasteiger partial charge on any atom is -0.457 e. The molecule has 0 aliphatic carbocycles. The second-order valence-corrected chi connectivity index (χ2v) is 7.29. The molecule has 26 heavy (non-hydrogen) atoms. The molecular formula is C17H11ClN2O4S2. The summed E-state index contributed by atoms with van der Waals surface area (Å²) >= 11 is 12.5. The number of carbonyl (C=O) groups is 1. The second-order valence-electron chi connectivity index (χ2n) is 5.20. The van der Waals surface area contributed by atoms with Crippen molar-refractivity contribution in [1.82, 2.24) is 4.90 Å². The fraction of sp³-hybridized carbons (Fsp3) is 0.0588. The summed E-state index contributed by atoms with van der Waals surface area (Å²) in [5, 5.41) is 11.3. The van der Waals surface area contributed by atoms with Gasteiger partial charge in [-0.25, -0.2) is 0 Å². The van der Waals surface area contributed by atoms with Gasteiger partial charge in [0.1, 0.15) is 15.8 Å². The zero-order valence-corrected chi connectivity index (χ0v) is 15.6. The summed E-state index contributed by atoms with van der Waals surface area (Å²) in [6.07, 6.45) is 3.18. The molecule has 132 valence electrons. The molecule has 1 saturated heterocycles. The van der Waals surface area contributed by atoms with Crippen molar-refractivity contribution < 1.29 is 14.1 Å². The van der Waals surface area contributed by atoms with Gasteiger partial charge < -0.3 is 4.42 Å². The van der Waals surface area contributed by atoms with E-state index in [1.807, 2.05) is 0 Å². The molecule has 1 amide bonds. The van der Waals surface area contributed by atoms with Gasteiger partial charge in [0.15, 0.2) is 0 Å². The van der Waals surface area contributed by atoms with Crippen molar-refractivity contribution in [2.75, 3.05) is 6.54 Å². The third-order valence-corrected chi connectivity index (χ3v) is 5.22. The van der Waals surface area contributed by atoms with Crippen molar-refractivity contribution in [3.63, 3.8) is 0 Å². The molecule has 9 heteroatoms. The summed E-state index contributed by atoms with van der Waals surface area (Å²) in [6, 6.07) is 7.40. The van der Waals surface area contributed by atoms with Gasteiger partial charge in [-0.3, -0.25) is 19.8 Å². The van der Waals surface area contributed by atoms with Crippen LogP contribution < -0.4 is 0 Å². The summed E-state index contributed by atoms with van der Waals surface area (Å²) in [5.74, 6) is 0.569. The van der Waals surface area contributed by atoms with Gasteiger partial charge in [0.25, 0.3) is 11.6 Å². The maximum absolute atomic E-state index is 12.3. The van der Waals surface area contributed by atoms with Crippen LogP contribution in [0.4, 0.5) is 5.69 Å². The lowest BCUT2D eigenvalue weighted by atomic mass is 10.1. The first kappa shape index (κ1) is 18.4.